The maximum absolute atomic E-state index is 9.92. The second kappa shape index (κ2) is 10.8. The summed E-state index contributed by atoms with van der Waals surface area (Å²) in [4.78, 5) is 1.06. The number of thiophene rings is 1. The van der Waals surface area contributed by atoms with E-state index in [9.17, 15) is 5.11 Å². The molecule has 0 saturated heterocycles. The van der Waals surface area contributed by atoms with Gasteiger partial charge in [0.1, 0.15) is 11.5 Å². The van der Waals surface area contributed by atoms with Crippen LogP contribution in [0.5, 0.6) is 17.2 Å². The highest BCUT2D eigenvalue weighted by Gasteiger charge is 2.17. The van der Waals surface area contributed by atoms with Crippen LogP contribution in [0.4, 0.5) is 0 Å². The fourth-order valence-corrected chi connectivity index (χ4v) is 5.07. The van der Waals surface area contributed by atoms with Crippen molar-refractivity contribution in [3.05, 3.63) is 76.8 Å². The predicted octanol–water partition coefficient (Wildman–Crippen LogP) is 9.76. The molecule has 4 heteroatoms. The quantitative estimate of drug-likeness (QED) is 0.287. The summed E-state index contributed by atoms with van der Waals surface area (Å²) >= 11 is 5.13. The normalized spacial score (nSPS) is 10.8. The highest BCUT2D eigenvalue weighted by Crippen LogP contribution is 2.47. The molecule has 0 spiro atoms. The van der Waals surface area contributed by atoms with E-state index in [4.69, 9.17) is 4.74 Å². The van der Waals surface area contributed by atoms with Gasteiger partial charge < -0.3 is 9.84 Å². The first-order valence-electron chi connectivity index (χ1n) is 10.9. The lowest BCUT2D eigenvalue weighted by molar-refractivity contribution is 0.476. The standard InChI is InChI=1S/C25H23BrO2S.C2H6/c1-3-16(4-2)17-7-12-21(13-8-17)28-24-22-14-11-20(27)15-23(22)29-25(24)18-5-9-19(26)10-6-18;1-2/h5-16,27H,3-4H2,1-2H3;1-2H3. The number of fused-ring (bicyclic) bond motifs is 1. The van der Waals surface area contributed by atoms with E-state index in [1.165, 1.54) is 5.56 Å². The molecule has 162 valence electrons. The van der Waals surface area contributed by atoms with Gasteiger partial charge in [-0.1, -0.05) is 67.9 Å². The molecule has 0 atom stereocenters. The first-order valence-corrected chi connectivity index (χ1v) is 12.5. The van der Waals surface area contributed by atoms with Gasteiger partial charge in [0, 0.05) is 14.6 Å². The summed E-state index contributed by atoms with van der Waals surface area (Å²) in [5, 5.41) is 10.9. The molecule has 0 amide bonds. The minimum absolute atomic E-state index is 0.266. The number of benzene rings is 3. The zero-order valence-corrected chi connectivity index (χ0v) is 20.9. The Morgan fingerprint density at radius 3 is 2.16 bits per heavy atom. The third-order valence-electron chi connectivity index (χ3n) is 5.29. The van der Waals surface area contributed by atoms with Crippen LogP contribution in [-0.4, -0.2) is 5.11 Å². The lowest BCUT2D eigenvalue weighted by atomic mass is 9.94. The van der Waals surface area contributed by atoms with Gasteiger partial charge >= 0.3 is 0 Å². The third kappa shape index (κ3) is 5.31. The van der Waals surface area contributed by atoms with Gasteiger partial charge in [0.05, 0.1) is 4.88 Å². The molecule has 0 saturated carbocycles. The molecule has 3 aromatic carbocycles. The summed E-state index contributed by atoms with van der Waals surface area (Å²) in [5.41, 5.74) is 2.45. The molecule has 1 aromatic heterocycles. The van der Waals surface area contributed by atoms with E-state index in [0.29, 0.717) is 5.92 Å². The second-order valence-electron chi connectivity index (χ2n) is 7.13. The Bertz CT molecular complexity index is 1110. The van der Waals surface area contributed by atoms with Crippen molar-refractivity contribution in [1.29, 1.82) is 0 Å². The summed E-state index contributed by atoms with van der Waals surface area (Å²) in [5.74, 6) is 2.52. The molecule has 0 radical (unpaired) electrons. The Hall–Kier alpha value is -2.30. The number of rotatable bonds is 6. The van der Waals surface area contributed by atoms with E-state index >= 15 is 0 Å². The van der Waals surface area contributed by atoms with E-state index in [0.717, 1.165) is 49.3 Å². The van der Waals surface area contributed by atoms with Crippen molar-refractivity contribution in [1.82, 2.24) is 0 Å². The zero-order chi connectivity index (χ0) is 22.4. The second-order valence-corrected chi connectivity index (χ2v) is 9.10. The largest absolute Gasteiger partial charge is 0.508 e. The first-order chi connectivity index (χ1) is 15.1. The Balaban J connectivity index is 0.00000132. The molecular weight excluding hydrogens is 468 g/mol. The molecule has 31 heavy (non-hydrogen) atoms. The van der Waals surface area contributed by atoms with E-state index in [1.54, 1.807) is 23.5 Å². The van der Waals surface area contributed by atoms with Gasteiger partial charge in [0.15, 0.2) is 5.75 Å². The van der Waals surface area contributed by atoms with Crippen LogP contribution in [0, 0.1) is 0 Å². The fourth-order valence-electron chi connectivity index (χ4n) is 3.64. The average Bonchev–Trinajstić information content (AvgIpc) is 3.15. The highest BCUT2D eigenvalue weighted by atomic mass is 79.9. The molecule has 1 heterocycles. The number of hydrogen-bond donors (Lipinski definition) is 1. The molecule has 4 aromatic rings. The van der Waals surface area contributed by atoms with Gasteiger partial charge in [-0.2, -0.15) is 0 Å². The highest BCUT2D eigenvalue weighted by molar-refractivity contribution is 9.10. The summed E-state index contributed by atoms with van der Waals surface area (Å²) in [6.07, 6.45) is 2.28. The molecule has 0 unspecified atom stereocenters. The summed E-state index contributed by atoms with van der Waals surface area (Å²) in [7, 11) is 0. The van der Waals surface area contributed by atoms with Crippen LogP contribution in [0.1, 0.15) is 52.0 Å². The minimum Gasteiger partial charge on any atom is -0.508 e. The smallest absolute Gasteiger partial charge is 0.153 e. The van der Waals surface area contributed by atoms with Gasteiger partial charge in [-0.15, -0.1) is 11.3 Å². The maximum Gasteiger partial charge on any atom is 0.153 e. The van der Waals surface area contributed by atoms with E-state index in [-0.39, 0.29) is 5.75 Å². The van der Waals surface area contributed by atoms with Crippen molar-refractivity contribution in [2.75, 3.05) is 0 Å². The van der Waals surface area contributed by atoms with Gasteiger partial charge in [-0.25, -0.2) is 0 Å². The maximum atomic E-state index is 9.92. The van der Waals surface area contributed by atoms with E-state index in [2.05, 4.69) is 66.2 Å². The van der Waals surface area contributed by atoms with Gasteiger partial charge in [-0.05, 0) is 72.4 Å². The number of hydrogen-bond acceptors (Lipinski definition) is 3. The topological polar surface area (TPSA) is 29.5 Å². The van der Waals surface area contributed by atoms with Crippen LogP contribution < -0.4 is 4.74 Å². The first kappa shape index (κ1) is 23.4. The Kier molecular flexibility index (Phi) is 8.16. The van der Waals surface area contributed by atoms with Crippen LogP contribution in [0.25, 0.3) is 20.5 Å². The predicted molar refractivity (Wildman–Crippen MR) is 138 cm³/mol. The van der Waals surface area contributed by atoms with Gasteiger partial charge in [-0.3, -0.25) is 0 Å². The van der Waals surface area contributed by atoms with Gasteiger partial charge in [0.25, 0.3) is 0 Å². The SMILES string of the molecule is CC.CCC(CC)c1ccc(Oc2c(-c3ccc(Br)cc3)sc3cc(O)ccc23)cc1. The molecule has 0 fully saturated rings. The van der Waals surface area contributed by atoms with Crippen LogP contribution in [-0.2, 0) is 0 Å². The molecule has 0 aliphatic heterocycles. The van der Waals surface area contributed by atoms with Crippen molar-refractivity contribution in [3.8, 4) is 27.7 Å². The van der Waals surface area contributed by atoms with Crippen LogP contribution in [0.2, 0.25) is 0 Å². The summed E-state index contributed by atoms with van der Waals surface area (Å²) in [6.45, 7) is 8.46. The lowest BCUT2D eigenvalue weighted by Crippen LogP contribution is -1.95. The molecule has 4 rings (SSSR count). The fraction of sp³-hybridized carbons (Fsp3) is 0.259. The summed E-state index contributed by atoms with van der Waals surface area (Å²) in [6, 6.07) is 22.1. The Morgan fingerprint density at radius 1 is 0.903 bits per heavy atom. The Morgan fingerprint density at radius 2 is 1.55 bits per heavy atom. The molecule has 0 aliphatic rings. The molecular formula is C27H29BrO2S. The van der Waals surface area contributed by atoms with Crippen molar-refractivity contribution in [3.63, 3.8) is 0 Å². The minimum atomic E-state index is 0.266. The number of aromatic hydroxyl groups is 1. The number of halogens is 1. The number of phenols is 1. The number of phenolic OH excluding ortho intramolecular Hbond substituents is 1. The monoisotopic (exact) mass is 496 g/mol. The summed E-state index contributed by atoms with van der Waals surface area (Å²) < 4.78 is 8.45. The van der Waals surface area contributed by atoms with Crippen molar-refractivity contribution >= 4 is 37.4 Å². The Labute approximate surface area is 197 Å². The zero-order valence-electron chi connectivity index (χ0n) is 18.5. The molecule has 0 bridgehead atoms. The molecule has 1 N–H and O–H groups in total. The van der Waals surface area contributed by atoms with Crippen molar-refractivity contribution in [2.45, 2.75) is 46.5 Å². The van der Waals surface area contributed by atoms with Crippen molar-refractivity contribution < 1.29 is 9.84 Å². The average molecular weight is 497 g/mol. The van der Waals surface area contributed by atoms with Gasteiger partial charge in [0.2, 0.25) is 0 Å². The third-order valence-corrected chi connectivity index (χ3v) is 7.00. The van der Waals surface area contributed by atoms with Crippen molar-refractivity contribution in [2.24, 2.45) is 0 Å². The van der Waals surface area contributed by atoms with Crippen LogP contribution in [0.3, 0.4) is 0 Å². The lowest BCUT2D eigenvalue weighted by Gasteiger charge is -2.14. The van der Waals surface area contributed by atoms with E-state index in [1.807, 2.05) is 32.0 Å². The van der Waals surface area contributed by atoms with Crippen LogP contribution in [0.15, 0.2) is 71.2 Å². The van der Waals surface area contributed by atoms with Crippen LogP contribution >= 0.6 is 27.3 Å². The number of ether oxygens (including phenoxy) is 1. The van der Waals surface area contributed by atoms with E-state index < -0.39 is 0 Å². The molecule has 2 nitrogen and oxygen atoms in total. The molecule has 0 aliphatic carbocycles.